The summed E-state index contributed by atoms with van der Waals surface area (Å²) in [4.78, 5) is 6.92. The van der Waals surface area contributed by atoms with Gasteiger partial charge in [-0.2, -0.15) is 5.10 Å². The van der Waals surface area contributed by atoms with Gasteiger partial charge in [0.05, 0.1) is 12.7 Å². The predicted octanol–water partition coefficient (Wildman–Crippen LogP) is 2.51. The maximum atomic E-state index is 4.47. The Bertz CT molecular complexity index is 484. The van der Waals surface area contributed by atoms with Crippen molar-refractivity contribution >= 4 is 29.9 Å². The second-order valence-corrected chi connectivity index (χ2v) is 6.46. The lowest BCUT2D eigenvalue weighted by molar-refractivity contribution is 0.299. The molecule has 1 saturated heterocycles. The Morgan fingerprint density at radius 3 is 2.55 bits per heavy atom. The monoisotopic (exact) mass is 417 g/mol. The van der Waals surface area contributed by atoms with E-state index >= 15 is 0 Å². The summed E-state index contributed by atoms with van der Waals surface area (Å²) in [6, 6.07) is 0. The average Bonchev–Trinajstić information content (AvgIpc) is 3.09. The minimum atomic E-state index is 0. The molecule has 2 fully saturated rings. The van der Waals surface area contributed by atoms with E-state index in [4.69, 9.17) is 0 Å². The van der Waals surface area contributed by atoms with E-state index in [0.717, 1.165) is 30.9 Å². The highest BCUT2D eigenvalue weighted by atomic mass is 127. The van der Waals surface area contributed by atoms with E-state index in [1.165, 1.54) is 44.3 Å². The second kappa shape index (κ2) is 8.17. The van der Waals surface area contributed by atoms with Crippen LogP contribution in [0.5, 0.6) is 0 Å². The second-order valence-electron chi connectivity index (χ2n) is 6.46. The summed E-state index contributed by atoms with van der Waals surface area (Å²) in [6.07, 6.45) is 9.63. The van der Waals surface area contributed by atoms with Crippen LogP contribution < -0.4 is 5.32 Å². The molecule has 1 saturated carbocycles. The van der Waals surface area contributed by atoms with Crippen molar-refractivity contribution in [1.82, 2.24) is 20.0 Å². The Morgan fingerprint density at radius 2 is 2.00 bits per heavy atom. The molecule has 0 aromatic carbocycles. The lowest BCUT2D eigenvalue weighted by Gasteiger charge is -2.22. The molecular formula is C16H28IN5. The highest BCUT2D eigenvalue weighted by Gasteiger charge is 2.35. The van der Waals surface area contributed by atoms with Gasteiger partial charge >= 0.3 is 0 Å². The Labute approximate surface area is 150 Å². The van der Waals surface area contributed by atoms with Crippen LogP contribution in [-0.2, 0) is 6.54 Å². The van der Waals surface area contributed by atoms with E-state index in [9.17, 15) is 0 Å². The Kier molecular flexibility index (Phi) is 6.52. The minimum absolute atomic E-state index is 0. The van der Waals surface area contributed by atoms with Crippen LogP contribution in [0.15, 0.2) is 17.4 Å². The van der Waals surface area contributed by atoms with Crippen LogP contribution in [0.25, 0.3) is 0 Å². The zero-order valence-electron chi connectivity index (χ0n) is 13.7. The topological polar surface area (TPSA) is 45.5 Å². The molecule has 0 radical (unpaired) electrons. The van der Waals surface area contributed by atoms with Crippen LogP contribution >= 0.6 is 24.0 Å². The van der Waals surface area contributed by atoms with Gasteiger partial charge in [-0.25, -0.2) is 0 Å². The molecule has 5 nitrogen and oxygen atoms in total. The fourth-order valence-corrected chi connectivity index (χ4v) is 3.78. The van der Waals surface area contributed by atoms with Gasteiger partial charge in [-0.05, 0) is 37.2 Å². The van der Waals surface area contributed by atoms with Crippen molar-refractivity contribution in [3.8, 4) is 0 Å². The van der Waals surface area contributed by atoms with Crippen LogP contribution in [0, 0.1) is 18.8 Å². The summed E-state index contributed by atoms with van der Waals surface area (Å²) in [7, 11) is 1.89. The average molecular weight is 417 g/mol. The van der Waals surface area contributed by atoms with Gasteiger partial charge in [0.15, 0.2) is 5.96 Å². The Balaban J connectivity index is 0.00000176. The summed E-state index contributed by atoms with van der Waals surface area (Å²) >= 11 is 0. The molecule has 0 spiro atoms. The largest absolute Gasteiger partial charge is 0.354 e. The summed E-state index contributed by atoms with van der Waals surface area (Å²) in [5.74, 6) is 2.85. The minimum Gasteiger partial charge on any atom is -0.354 e. The Morgan fingerprint density at radius 1 is 1.32 bits per heavy atom. The number of rotatable bonds is 3. The first kappa shape index (κ1) is 17.6. The number of aliphatic imine (C=N–C) groups is 1. The molecule has 22 heavy (non-hydrogen) atoms. The lowest BCUT2D eigenvalue weighted by atomic mass is 9.82. The van der Waals surface area contributed by atoms with Gasteiger partial charge in [0, 0.05) is 32.9 Å². The molecule has 2 unspecified atom stereocenters. The SMILES string of the molecule is CN=C(NCCn1cc(C)cn1)N1CC2CCCCC2C1.I. The van der Waals surface area contributed by atoms with E-state index in [1.54, 1.807) is 0 Å². The van der Waals surface area contributed by atoms with Gasteiger partial charge in [0.1, 0.15) is 0 Å². The van der Waals surface area contributed by atoms with Gasteiger partial charge in [-0.1, -0.05) is 12.8 Å². The normalized spacial score (nSPS) is 24.8. The molecule has 124 valence electrons. The molecule has 6 heteroatoms. The van der Waals surface area contributed by atoms with Crippen molar-refractivity contribution in [2.75, 3.05) is 26.7 Å². The smallest absolute Gasteiger partial charge is 0.193 e. The third-order valence-electron chi connectivity index (χ3n) is 4.87. The summed E-state index contributed by atoms with van der Waals surface area (Å²) in [5.41, 5.74) is 1.21. The number of aryl methyl sites for hydroxylation is 1. The third kappa shape index (κ3) is 4.14. The van der Waals surface area contributed by atoms with Crippen molar-refractivity contribution in [2.24, 2.45) is 16.8 Å². The number of hydrogen-bond donors (Lipinski definition) is 1. The summed E-state index contributed by atoms with van der Waals surface area (Å²) < 4.78 is 1.99. The van der Waals surface area contributed by atoms with E-state index in [-0.39, 0.29) is 24.0 Å². The number of nitrogens with zero attached hydrogens (tertiary/aromatic N) is 4. The van der Waals surface area contributed by atoms with E-state index < -0.39 is 0 Å². The number of hydrogen-bond acceptors (Lipinski definition) is 2. The molecule has 3 rings (SSSR count). The number of guanidine groups is 1. The highest BCUT2D eigenvalue weighted by Crippen LogP contribution is 2.35. The zero-order valence-corrected chi connectivity index (χ0v) is 16.0. The van der Waals surface area contributed by atoms with Gasteiger partial charge in [-0.15, -0.1) is 24.0 Å². The molecule has 2 atom stereocenters. The number of fused-ring (bicyclic) bond motifs is 1. The first-order valence-corrected chi connectivity index (χ1v) is 8.21. The highest BCUT2D eigenvalue weighted by molar-refractivity contribution is 14.0. The number of halogens is 1. The standard InChI is InChI=1S/C16H27N5.HI/c1-13-9-19-21(10-13)8-7-18-16(17-2)20-11-14-5-3-4-6-15(14)12-20;/h9-10,14-15H,3-8,11-12H2,1-2H3,(H,17,18);1H. The van der Waals surface area contributed by atoms with Gasteiger partial charge in [0.25, 0.3) is 0 Å². The third-order valence-corrected chi connectivity index (χ3v) is 4.87. The number of aromatic nitrogens is 2. The van der Waals surface area contributed by atoms with Crippen molar-refractivity contribution in [3.63, 3.8) is 0 Å². The maximum absolute atomic E-state index is 4.47. The van der Waals surface area contributed by atoms with E-state index in [0.29, 0.717) is 0 Å². The van der Waals surface area contributed by atoms with Gasteiger partial charge in [-0.3, -0.25) is 9.67 Å². The van der Waals surface area contributed by atoms with Crippen molar-refractivity contribution in [1.29, 1.82) is 0 Å². The van der Waals surface area contributed by atoms with E-state index in [2.05, 4.69) is 33.4 Å². The van der Waals surface area contributed by atoms with E-state index in [1.807, 2.05) is 17.9 Å². The van der Waals surface area contributed by atoms with Crippen LogP contribution in [0.4, 0.5) is 0 Å². The zero-order chi connectivity index (χ0) is 14.7. The fraction of sp³-hybridized carbons (Fsp3) is 0.750. The predicted molar refractivity (Wildman–Crippen MR) is 101 cm³/mol. The fourth-order valence-electron chi connectivity index (χ4n) is 3.78. The van der Waals surface area contributed by atoms with Crippen molar-refractivity contribution in [3.05, 3.63) is 18.0 Å². The first-order chi connectivity index (χ1) is 10.3. The van der Waals surface area contributed by atoms with Crippen LogP contribution in [0.1, 0.15) is 31.2 Å². The maximum Gasteiger partial charge on any atom is 0.193 e. The lowest BCUT2D eigenvalue weighted by Crippen LogP contribution is -2.41. The van der Waals surface area contributed by atoms with Crippen LogP contribution in [0.3, 0.4) is 0 Å². The quantitative estimate of drug-likeness (QED) is 0.467. The van der Waals surface area contributed by atoms with Gasteiger partial charge < -0.3 is 10.2 Å². The van der Waals surface area contributed by atoms with Crippen molar-refractivity contribution < 1.29 is 0 Å². The van der Waals surface area contributed by atoms with Gasteiger partial charge in [0.2, 0.25) is 0 Å². The molecule has 1 aliphatic heterocycles. The molecule has 2 heterocycles. The molecule has 1 aromatic heterocycles. The molecular weight excluding hydrogens is 389 g/mol. The molecule has 1 aliphatic carbocycles. The number of nitrogens with one attached hydrogen (secondary N) is 1. The van der Waals surface area contributed by atoms with Crippen LogP contribution in [-0.4, -0.2) is 47.3 Å². The first-order valence-electron chi connectivity index (χ1n) is 8.21. The number of likely N-dealkylation sites (tertiary alicyclic amines) is 1. The van der Waals surface area contributed by atoms with Crippen molar-refractivity contribution in [2.45, 2.75) is 39.2 Å². The van der Waals surface area contributed by atoms with Crippen LogP contribution in [0.2, 0.25) is 0 Å². The molecule has 1 N–H and O–H groups in total. The molecule has 2 aliphatic rings. The molecule has 1 aromatic rings. The summed E-state index contributed by atoms with van der Waals surface area (Å²) in [6.45, 7) is 6.20. The summed E-state index contributed by atoms with van der Waals surface area (Å²) in [5, 5.41) is 7.81. The molecule has 0 bridgehead atoms. The molecule has 0 amide bonds. The Hall–Kier alpha value is -0.790.